The van der Waals surface area contributed by atoms with E-state index in [1.165, 1.54) is 18.0 Å². The molecule has 13 heteroatoms. The van der Waals surface area contributed by atoms with Gasteiger partial charge in [0, 0.05) is 19.3 Å². The number of amides is 1. The van der Waals surface area contributed by atoms with Crippen molar-refractivity contribution in [2.75, 3.05) is 33.5 Å². The van der Waals surface area contributed by atoms with Gasteiger partial charge in [-0.3, -0.25) is 4.79 Å². The van der Waals surface area contributed by atoms with E-state index in [0.29, 0.717) is 19.4 Å². The number of hydrogen-bond donors (Lipinski definition) is 3. The summed E-state index contributed by atoms with van der Waals surface area (Å²) in [5.41, 5.74) is -1.76. The number of methoxy groups -OCH3 is 1. The van der Waals surface area contributed by atoms with Crippen molar-refractivity contribution in [2.45, 2.75) is 42.7 Å². The molecule has 2 aliphatic heterocycles. The number of ether oxygens (including phenoxy) is 3. The van der Waals surface area contributed by atoms with Gasteiger partial charge in [0.15, 0.2) is 23.1 Å². The van der Waals surface area contributed by atoms with E-state index >= 15 is 0 Å². The normalized spacial score (nSPS) is 29.7. The van der Waals surface area contributed by atoms with E-state index in [2.05, 4.69) is 15.6 Å². The molecule has 0 bridgehead atoms. The first-order chi connectivity index (χ1) is 16.3. The van der Waals surface area contributed by atoms with Crippen LogP contribution in [0.1, 0.15) is 18.9 Å². The van der Waals surface area contributed by atoms with Crippen LogP contribution in [0.25, 0.3) is 11.3 Å². The summed E-state index contributed by atoms with van der Waals surface area (Å²) in [6.45, 7) is -0.231. The van der Waals surface area contributed by atoms with Crippen molar-refractivity contribution in [2.24, 2.45) is 0 Å². The van der Waals surface area contributed by atoms with Crippen molar-refractivity contribution >= 4 is 5.91 Å². The minimum Gasteiger partial charge on any atom is -0.393 e. The molecule has 2 aliphatic rings. The lowest BCUT2D eigenvalue weighted by Crippen LogP contribution is -2.66. The number of carbonyl (C=O) groups is 1. The summed E-state index contributed by atoms with van der Waals surface area (Å²) < 4.78 is 58.5. The maximum absolute atomic E-state index is 13.7. The lowest BCUT2D eigenvalue weighted by atomic mass is 9.85. The molecule has 0 saturated carbocycles. The molecule has 3 unspecified atom stereocenters. The topological polar surface area (TPSA) is 128 Å². The molecule has 5 atom stereocenters. The molecule has 186 valence electrons. The molecule has 1 aromatic carbocycles. The Kier molecular flexibility index (Phi) is 7.19. The van der Waals surface area contributed by atoms with E-state index in [1.54, 1.807) is 0 Å². The van der Waals surface area contributed by atoms with Crippen LogP contribution in [-0.2, 0) is 19.0 Å². The fourth-order valence-corrected chi connectivity index (χ4v) is 4.38. The van der Waals surface area contributed by atoms with E-state index in [0.717, 1.165) is 12.1 Å². The Morgan fingerprint density at radius 3 is 2.68 bits per heavy atom. The summed E-state index contributed by atoms with van der Waals surface area (Å²) >= 11 is 0. The average Bonchev–Trinajstić information content (AvgIpc) is 3.33. The first-order valence-corrected chi connectivity index (χ1v) is 10.7. The molecule has 0 aliphatic carbocycles. The second-order valence-corrected chi connectivity index (χ2v) is 8.26. The minimum absolute atomic E-state index is 0.0247. The van der Waals surface area contributed by atoms with E-state index in [9.17, 15) is 28.2 Å². The Morgan fingerprint density at radius 2 is 2.03 bits per heavy atom. The van der Waals surface area contributed by atoms with Crippen LogP contribution in [0, 0.1) is 17.5 Å². The van der Waals surface area contributed by atoms with Gasteiger partial charge in [0.05, 0.1) is 44.2 Å². The number of carbonyl (C=O) groups excluding carboxylic acids is 1. The molecule has 1 aromatic heterocycles. The Bertz CT molecular complexity index is 1020. The van der Waals surface area contributed by atoms with Gasteiger partial charge in [0.2, 0.25) is 0 Å². The summed E-state index contributed by atoms with van der Waals surface area (Å²) in [6.07, 6.45) is 0.147. The van der Waals surface area contributed by atoms with Gasteiger partial charge in [-0.25, -0.2) is 17.9 Å². The lowest BCUT2D eigenvalue weighted by Gasteiger charge is -2.45. The van der Waals surface area contributed by atoms with Crippen LogP contribution in [0.15, 0.2) is 18.3 Å². The predicted molar refractivity (Wildman–Crippen MR) is 109 cm³/mol. The average molecular weight is 486 g/mol. The van der Waals surface area contributed by atoms with Crippen molar-refractivity contribution in [1.29, 1.82) is 0 Å². The van der Waals surface area contributed by atoms with Crippen LogP contribution in [0.4, 0.5) is 13.2 Å². The zero-order valence-corrected chi connectivity index (χ0v) is 18.3. The van der Waals surface area contributed by atoms with Crippen LogP contribution in [0.3, 0.4) is 0 Å². The zero-order valence-electron chi connectivity index (χ0n) is 18.3. The van der Waals surface area contributed by atoms with Gasteiger partial charge < -0.3 is 29.7 Å². The molecule has 2 saturated heterocycles. The Balaban J connectivity index is 1.60. The van der Waals surface area contributed by atoms with E-state index in [1.807, 2.05) is 0 Å². The molecule has 4 rings (SSSR count). The molecule has 3 heterocycles. The molecule has 10 nitrogen and oxygen atoms in total. The smallest absolute Gasteiger partial charge is 0.257 e. The standard InChI is InChI=1S/C21H25F3N4O6/c1-32-19-16(28-8-15(26-27-28)11-6-12(22)18(24)13(23)7-11)3-5-34-21(19,10-29)20(31)25-14-2-4-33-9-17(14)30/h6-8,14,16-17,19,29-30H,2-5,9-10H2,1H3,(H,25,31)/t14-,16?,17-,19?,21?/m1/s1. The number of aliphatic hydroxyl groups is 2. The third-order valence-corrected chi connectivity index (χ3v) is 6.23. The van der Waals surface area contributed by atoms with Gasteiger partial charge in [-0.05, 0) is 25.0 Å². The molecule has 34 heavy (non-hydrogen) atoms. The van der Waals surface area contributed by atoms with E-state index < -0.39 is 59.9 Å². The number of rotatable bonds is 6. The molecule has 2 fully saturated rings. The van der Waals surface area contributed by atoms with Crippen molar-refractivity contribution < 1.29 is 42.4 Å². The molecule has 0 radical (unpaired) electrons. The summed E-state index contributed by atoms with van der Waals surface area (Å²) in [4.78, 5) is 13.3. The van der Waals surface area contributed by atoms with Gasteiger partial charge in [-0.2, -0.15) is 0 Å². The summed E-state index contributed by atoms with van der Waals surface area (Å²) in [5.74, 6) is -4.98. The molecule has 2 aromatic rings. The highest BCUT2D eigenvalue weighted by atomic mass is 19.2. The summed E-state index contributed by atoms with van der Waals surface area (Å²) in [7, 11) is 1.34. The Hall–Kier alpha value is -2.58. The molecule has 3 N–H and O–H groups in total. The van der Waals surface area contributed by atoms with Crippen LogP contribution in [-0.4, -0.2) is 88.5 Å². The van der Waals surface area contributed by atoms with Crippen LogP contribution in [0.2, 0.25) is 0 Å². The van der Waals surface area contributed by atoms with E-state index in [4.69, 9.17) is 14.2 Å². The number of aromatic nitrogens is 3. The summed E-state index contributed by atoms with van der Waals surface area (Å²) in [5, 5.41) is 31.0. The fraction of sp³-hybridized carbons (Fsp3) is 0.571. The third-order valence-electron chi connectivity index (χ3n) is 6.23. The first kappa shape index (κ1) is 24.5. The maximum Gasteiger partial charge on any atom is 0.257 e. The second-order valence-electron chi connectivity index (χ2n) is 8.26. The number of halogens is 3. The van der Waals surface area contributed by atoms with Crippen LogP contribution >= 0.6 is 0 Å². The number of aliphatic hydroxyl groups excluding tert-OH is 2. The van der Waals surface area contributed by atoms with Crippen molar-refractivity contribution in [3.05, 3.63) is 35.8 Å². The second kappa shape index (κ2) is 9.96. The van der Waals surface area contributed by atoms with Crippen molar-refractivity contribution in [1.82, 2.24) is 20.3 Å². The summed E-state index contributed by atoms with van der Waals surface area (Å²) in [6, 6.07) is 0.366. The van der Waals surface area contributed by atoms with Gasteiger partial charge in [0.25, 0.3) is 5.91 Å². The number of nitrogens with zero attached hydrogens (tertiary/aromatic N) is 3. The van der Waals surface area contributed by atoms with Gasteiger partial charge >= 0.3 is 0 Å². The fourth-order valence-electron chi connectivity index (χ4n) is 4.38. The van der Waals surface area contributed by atoms with Crippen molar-refractivity contribution in [3.8, 4) is 11.3 Å². The van der Waals surface area contributed by atoms with Gasteiger partial charge in [-0.15, -0.1) is 5.10 Å². The van der Waals surface area contributed by atoms with Crippen LogP contribution in [0.5, 0.6) is 0 Å². The molecular weight excluding hydrogens is 461 g/mol. The minimum atomic E-state index is -1.81. The highest BCUT2D eigenvalue weighted by Crippen LogP contribution is 2.36. The van der Waals surface area contributed by atoms with Gasteiger partial charge in [-0.1, -0.05) is 5.21 Å². The van der Waals surface area contributed by atoms with Crippen molar-refractivity contribution in [3.63, 3.8) is 0 Å². The SMILES string of the molecule is COC1C(n2cc(-c3cc(F)c(F)c(F)c3)nn2)CCOC1(CO)C(=O)N[C@@H]1CCOC[C@H]1O. The monoisotopic (exact) mass is 486 g/mol. The van der Waals surface area contributed by atoms with Crippen LogP contribution < -0.4 is 5.32 Å². The quantitative estimate of drug-likeness (QED) is 0.499. The van der Waals surface area contributed by atoms with E-state index in [-0.39, 0.29) is 24.5 Å². The third kappa shape index (κ3) is 4.41. The Morgan fingerprint density at radius 1 is 1.29 bits per heavy atom. The lowest BCUT2D eigenvalue weighted by molar-refractivity contribution is -0.207. The van der Waals surface area contributed by atoms with Gasteiger partial charge in [0.1, 0.15) is 11.8 Å². The zero-order chi connectivity index (χ0) is 24.5. The number of hydrogen-bond acceptors (Lipinski definition) is 8. The Labute approximate surface area is 192 Å². The highest BCUT2D eigenvalue weighted by Gasteiger charge is 2.54. The first-order valence-electron chi connectivity index (χ1n) is 10.7. The molecule has 0 spiro atoms. The highest BCUT2D eigenvalue weighted by molar-refractivity contribution is 5.87. The predicted octanol–water partition coefficient (Wildman–Crippen LogP) is 0.336. The maximum atomic E-state index is 13.7. The molecular formula is C21H25F3N4O6. The largest absolute Gasteiger partial charge is 0.393 e. The molecule has 1 amide bonds. The number of benzene rings is 1. The number of nitrogens with one attached hydrogen (secondary N) is 1.